The van der Waals surface area contributed by atoms with Gasteiger partial charge in [-0.05, 0) is 42.8 Å². The summed E-state index contributed by atoms with van der Waals surface area (Å²) < 4.78 is 14.3. The first kappa shape index (κ1) is 22.2. The molecule has 0 radical (unpaired) electrons. The highest BCUT2D eigenvalue weighted by Gasteiger charge is 2.36. The highest BCUT2D eigenvalue weighted by atomic mass is 19.1. The Balaban J connectivity index is 1.30. The van der Waals surface area contributed by atoms with Gasteiger partial charge in [0, 0.05) is 51.9 Å². The summed E-state index contributed by atoms with van der Waals surface area (Å²) in [7, 11) is 0. The Morgan fingerprint density at radius 1 is 1.19 bits per heavy atom. The zero-order valence-corrected chi connectivity index (χ0v) is 18.7. The van der Waals surface area contributed by atoms with E-state index in [1.807, 2.05) is 12.1 Å². The van der Waals surface area contributed by atoms with E-state index in [1.165, 1.54) is 11.0 Å². The molecular weight excluding hydrogens is 409 g/mol. The first-order chi connectivity index (χ1) is 15.4. The van der Waals surface area contributed by atoms with Gasteiger partial charge in [0.25, 0.3) is 0 Å². The van der Waals surface area contributed by atoms with Gasteiger partial charge >= 0.3 is 0 Å². The monoisotopic (exact) mass is 439 g/mol. The van der Waals surface area contributed by atoms with E-state index >= 15 is 0 Å². The Bertz CT molecular complexity index is 973. The van der Waals surface area contributed by atoms with Gasteiger partial charge in [0.1, 0.15) is 11.6 Å². The van der Waals surface area contributed by atoms with Gasteiger partial charge in [0.2, 0.25) is 11.8 Å². The van der Waals surface area contributed by atoms with Crippen molar-refractivity contribution in [3.8, 4) is 0 Å². The van der Waals surface area contributed by atoms with Crippen molar-refractivity contribution in [3.05, 3.63) is 53.5 Å². The molecule has 2 aromatic rings. The van der Waals surface area contributed by atoms with Gasteiger partial charge in [-0.1, -0.05) is 19.1 Å². The number of rotatable bonds is 6. The summed E-state index contributed by atoms with van der Waals surface area (Å²) in [6.07, 6.45) is 1.87. The number of hydrogen-bond donors (Lipinski definition) is 1. The summed E-state index contributed by atoms with van der Waals surface area (Å²) in [5, 5.41) is 2.90. The molecule has 1 aromatic heterocycles. The summed E-state index contributed by atoms with van der Waals surface area (Å²) >= 11 is 0. The van der Waals surface area contributed by atoms with Crippen molar-refractivity contribution in [2.75, 3.05) is 49.1 Å². The van der Waals surface area contributed by atoms with Crippen molar-refractivity contribution in [2.45, 2.75) is 26.8 Å². The molecule has 0 bridgehead atoms. The van der Waals surface area contributed by atoms with E-state index in [9.17, 15) is 14.0 Å². The zero-order valence-electron chi connectivity index (χ0n) is 18.7. The van der Waals surface area contributed by atoms with Gasteiger partial charge in [-0.3, -0.25) is 9.59 Å². The van der Waals surface area contributed by atoms with Crippen molar-refractivity contribution >= 4 is 23.3 Å². The van der Waals surface area contributed by atoms with Crippen LogP contribution in [-0.2, 0) is 16.1 Å². The van der Waals surface area contributed by atoms with Crippen LogP contribution in [0.4, 0.5) is 15.9 Å². The van der Waals surface area contributed by atoms with Crippen LogP contribution in [0.25, 0.3) is 0 Å². The molecule has 1 N–H and O–H groups in total. The molecular formula is C24H30FN5O2. The van der Waals surface area contributed by atoms with Crippen LogP contribution < -0.4 is 15.1 Å². The second kappa shape index (κ2) is 9.65. The topological polar surface area (TPSA) is 68.8 Å². The largest absolute Gasteiger partial charge is 0.354 e. The molecule has 32 heavy (non-hydrogen) atoms. The average molecular weight is 440 g/mol. The number of piperazine rings is 1. The number of nitrogens with zero attached hydrogens (tertiary/aromatic N) is 4. The molecule has 2 fully saturated rings. The van der Waals surface area contributed by atoms with Crippen molar-refractivity contribution in [2.24, 2.45) is 5.92 Å². The lowest BCUT2D eigenvalue weighted by Gasteiger charge is -2.34. The number of amides is 2. The molecule has 4 rings (SSSR count). The Morgan fingerprint density at radius 3 is 2.62 bits per heavy atom. The van der Waals surface area contributed by atoms with E-state index < -0.39 is 11.7 Å². The smallest absolute Gasteiger partial charge is 0.227 e. The molecule has 0 aliphatic carbocycles. The summed E-state index contributed by atoms with van der Waals surface area (Å²) in [6.45, 7) is 9.59. The summed E-state index contributed by atoms with van der Waals surface area (Å²) in [5.74, 6) is -0.421. The van der Waals surface area contributed by atoms with Crippen LogP contribution in [0.1, 0.15) is 24.5 Å². The number of anilines is 2. The number of halogens is 1. The molecule has 0 spiro atoms. The second-order valence-corrected chi connectivity index (χ2v) is 8.52. The number of carbonyl (C=O) groups excluding carboxylic acids is 2. The predicted octanol–water partition coefficient (Wildman–Crippen LogP) is 2.34. The fourth-order valence-corrected chi connectivity index (χ4v) is 4.28. The van der Waals surface area contributed by atoms with Crippen LogP contribution in [0, 0.1) is 18.7 Å². The Labute approximate surface area is 188 Å². The van der Waals surface area contributed by atoms with Crippen LogP contribution in [0.5, 0.6) is 0 Å². The summed E-state index contributed by atoms with van der Waals surface area (Å²) in [6, 6.07) is 8.72. The van der Waals surface area contributed by atoms with Crippen molar-refractivity contribution in [1.82, 2.24) is 15.2 Å². The molecule has 2 aliphatic heterocycles. The van der Waals surface area contributed by atoms with Crippen LogP contribution in [0.15, 0.2) is 36.5 Å². The van der Waals surface area contributed by atoms with Gasteiger partial charge in [0.05, 0.1) is 11.6 Å². The van der Waals surface area contributed by atoms with Gasteiger partial charge in [-0.15, -0.1) is 0 Å². The third-order valence-corrected chi connectivity index (χ3v) is 6.31. The van der Waals surface area contributed by atoms with Gasteiger partial charge < -0.3 is 20.0 Å². The van der Waals surface area contributed by atoms with Crippen LogP contribution in [0.3, 0.4) is 0 Å². The molecule has 1 unspecified atom stereocenters. The normalized spacial score (nSPS) is 19.5. The molecule has 2 amide bonds. The quantitative estimate of drug-likeness (QED) is 0.748. The molecule has 170 valence electrons. The highest BCUT2D eigenvalue weighted by Crippen LogP contribution is 2.28. The van der Waals surface area contributed by atoms with Gasteiger partial charge in [-0.2, -0.15) is 0 Å². The minimum atomic E-state index is -0.495. The second-order valence-electron chi connectivity index (χ2n) is 8.52. The minimum absolute atomic E-state index is 0.0834. The number of nitrogens with one attached hydrogen (secondary N) is 1. The predicted molar refractivity (Wildman–Crippen MR) is 122 cm³/mol. The first-order valence-electron chi connectivity index (χ1n) is 11.2. The number of aromatic nitrogens is 1. The molecule has 2 saturated heterocycles. The summed E-state index contributed by atoms with van der Waals surface area (Å²) in [5.41, 5.74) is 1.92. The molecule has 0 saturated carbocycles. The fraction of sp³-hybridized carbons (Fsp3) is 0.458. The maximum Gasteiger partial charge on any atom is 0.227 e. The van der Waals surface area contributed by atoms with Crippen molar-refractivity contribution in [1.29, 1.82) is 0 Å². The molecule has 7 nitrogen and oxygen atoms in total. The van der Waals surface area contributed by atoms with Crippen LogP contribution in [-0.4, -0.2) is 61.0 Å². The molecule has 3 heterocycles. The molecule has 8 heteroatoms. The van der Waals surface area contributed by atoms with E-state index in [1.54, 1.807) is 25.3 Å². The number of hydrogen-bond acceptors (Lipinski definition) is 5. The van der Waals surface area contributed by atoms with E-state index in [-0.39, 0.29) is 30.5 Å². The van der Waals surface area contributed by atoms with Gasteiger partial charge in [0.15, 0.2) is 0 Å². The lowest BCUT2D eigenvalue weighted by Crippen LogP contribution is -2.46. The Morgan fingerprint density at radius 2 is 1.97 bits per heavy atom. The van der Waals surface area contributed by atoms with E-state index in [2.05, 4.69) is 27.0 Å². The van der Waals surface area contributed by atoms with Crippen LogP contribution in [0.2, 0.25) is 0 Å². The lowest BCUT2D eigenvalue weighted by atomic mass is 10.1. The summed E-state index contributed by atoms with van der Waals surface area (Å²) in [4.78, 5) is 35.7. The SMILES string of the molecule is CCN1CCN(c2ccc(CNC(=O)C3CC(=O)N(c4ccc(C)cc4F)C3)cn2)CC1. The standard InChI is InChI=1S/C24H30FN5O2/c1-3-28-8-10-29(11-9-28)22-7-5-18(14-26-22)15-27-24(32)19-13-23(31)30(16-19)21-6-4-17(2)12-20(21)25/h4-7,12,14,19H,3,8-11,13,15-16H2,1-2H3,(H,27,32). The Hall–Kier alpha value is -3.00. The van der Waals surface area contributed by atoms with E-state index in [0.717, 1.165) is 49.7 Å². The third-order valence-electron chi connectivity index (χ3n) is 6.31. The number of benzene rings is 1. The minimum Gasteiger partial charge on any atom is -0.354 e. The highest BCUT2D eigenvalue weighted by molar-refractivity contribution is 6.00. The van der Waals surface area contributed by atoms with Crippen molar-refractivity contribution < 1.29 is 14.0 Å². The van der Waals surface area contributed by atoms with Gasteiger partial charge in [-0.25, -0.2) is 9.37 Å². The third kappa shape index (κ3) is 4.91. The maximum atomic E-state index is 14.3. The average Bonchev–Trinajstić information content (AvgIpc) is 3.19. The number of likely N-dealkylation sites (N-methyl/N-ethyl adjacent to an activating group) is 1. The van der Waals surface area contributed by atoms with E-state index in [4.69, 9.17) is 0 Å². The molecule has 1 aromatic carbocycles. The van der Waals surface area contributed by atoms with Crippen LogP contribution >= 0.6 is 0 Å². The number of aryl methyl sites for hydroxylation is 1. The zero-order chi connectivity index (χ0) is 22.7. The number of pyridine rings is 1. The maximum absolute atomic E-state index is 14.3. The Kier molecular flexibility index (Phi) is 6.69. The molecule has 1 atom stereocenters. The molecule has 2 aliphatic rings. The number of carbonyl (C=O) groups is 2. The fourth-order valence-electron chi connectivity index (χ4n) is 4.28. The first-order valence-corrected chi connectivity index (χ1v) is 11.2. The van der Waals surface area contributed by atoms with Crippen molar-refractivity contribution in [3.63, 3.8) is 0 Å². The van der Waals surface area contributed by atoms with E-state index in [0.29, 0.717) is 6.54 Å². The lowest BCUT2D eigenvalue weighted by molar-refractivity contribution is -0.126.